The average Bonchev–Trinajstić information content (AvgIpc) is 2.24. The van der Waals surface area contributed by atoms with E-state index in [1.54, 1.807) is 0 Å². The van der Waals surface area contributed by atoms with Gasteiger partial charge in [0, 0.05) is 16.1 Å². The Hall–Kier alpha value is -0.240. The van der Waals surface area contributed by atoms with Crippen molar-refractivity contribution in [1.29, 1.82) is 0 Å². The van der Waals surface area contributed by atoms with Crippen LogP contribution < -0.4 is 5.32 Å². The number of nitrogens with one attached hydrogen (secondary N) is 1. The second kappa shape index (κ2) is 6.48. The van der Waals surface area contributed by atoms with Crippen molar-refractivity contribution in [2.24, 2.45) is 5.92 Å². The topological polar surface area (TPSA) is 12.0 Å². The minimum Gasteiger partial charge on any atom is -0.313 e. The quantitative estimate of drug-likeness (QED) is 0.809. The number of hydrogen-bond donors (Lipinski definition) is 1. The summed E-state index contributed by atoms with van der Waals surface area (Å²) in [6, 6.07) is 5.91. The van der Waals surface area contributed by atoms with E-state index in [1.807, 2.05) is 25.2 Å². The van der Waals surface area contributed by atoms with Gasteiger partial charge in [0.25, 0.3) is 0 Å². The van der Waals surface area contributed by atoms with Crippen LogP contribution in [0.25, 0.3) is 0 Å². The summed E-state index contributed by atoms with van der Waals surface area (Å²) < 4.78 is 0. The maximum atomic E-state index is 6.22. The third-order valence-corrected chi connectivity index (χ3v) is 3.50. The van der Waals surface area contributed by atoms with Crippen LogP contribution in [0.1, 0.15) is 38.3 Å². The van der Waals surface area contributed by atoms with Crippen molar-refractivity contribution < 1.29 is 0 Å². The summed E-state index contributed by atoms with van der Waals surface area (Å²) in [5.74, 6) is 0.547. The van der Waals surface area contributed by atoms with Gasteiger partial charge in [-0.15, -0.1) is 0 Å². The molecule has 0 aliphatic carbocycles. The van der Waals surface area contributed by atoms with E-state index in [9.17, 15) is 0 Å². The van der Waals surface area contributed by atoms with Crippen LogP contribution in [0.3, 0.4) is 0 Å². The summed E-state index contributed by atoms with van der Waals surface area (Å²) in [6.45, 7) is 4.44. The molecule has 2 unspecified atom stereocenters. The van der Waals surface area contributed by atoms with Gasteiger partial charge in [-0.05, 0) is 43.1 Å². The van der Waals surface area contributed by atoms with Gasteiger partial charge in [-0.25, -0.2) is 0 Å². The summed E-state index contributed by atoms with van der Waals surface area (Å²) >= 11 is 12.2. The Balaban J connectivity index is 2.98. The Kier molecular flexibility index (Phi) is 5.60. The van der Waals surface area contributed by atoms with E-state index < -0.39 is 0 Å². The minimum absolute atomic E-state index is 0.270. The van der Waals surface area contributed by atoms with Gasteiger partial charge >= 0.3 is 0 Å². The maximum Gasteiger partial charge on any atom is 0.0454 e. The van der Waals surface area contributed by atoms with Crippen LogP contribution in [0, 0.1) is 5.92 Å². The SMILES string of the molecule is CCCC(C)C(NC)c1cc(Cl)ccc1Cl. The van der Waals surface area contributed by atoms with Crippen LogP contribution in [-0.4, -0.2) is 7.05 Å². The molecule has 1 N–H and O–H groups in total. The number of halogens is 2. The van der Waals surface area contributed by atoms with Crippen molar-refractivity contribution in [3.8, 4) is 0 Å². The van der Waals surface area contributed by atoms with Gasteiger partial charge in [0.05, 0.1) is 0 Å². The smallest absolute Gasteiger partial charge is 0.0454 e. The summed E-state index contributed by atoms with van der Waals surface area (Å²) in [5.41, 5.74) is 1.10. The molecular formula is C13H19Cl2N. The molecule has 0 saturated heterocycles. The third-order valence-electron chi connectivity index (χ3n) is 2.92. The molecule has 0 amide bonds. The highest BCUT2D eigenvalue weighted by molar-refractivity contribution is 6.33. The second-order valence-corrected chi connectivity index (χ2v) is 5.04. The molecule has 0 bridgehead atoms. The van der Waals surface area contributed by atoms with E-state index in [-0.39, 0.29) is 6.04 Å². The molecule has 1 aromatic carbocycles. The van der Waals surface area contributed by atoms with Crippen molar-refractivity contribution in [2.45, 2.75) is 32.7 Å². The highest BCUT2D eigenvalue weighted by atomic mass is 35.5. The lowest BCUT2D eigenvalue weighted by Crippen LogP contribution is -2.23. The van der Waals surface area contributed by atoms with Crippen LogP contribution in [0.4, 0.5) is 0 Å². The molecule has 3 heteroatoms. The predicted molar refractivity (Wildman–Crippen MR) is 72.3 cm³/mol. The zero-order valence-corrected chi connectivity index (χ0v) is 11.6. The lowest BCUT2D eigenvalue weighted by molar-refractivity contribution is 0.384. The van der Waals surface area contributed by atoms with Crippen molar-refractivity contribution in [3.63, 3.8) is 0 Å². The van der Waals surface area contributed by atoms with Gasteiger partial charge in [0.2, 0.25) is 0 Å². The van der Waals surface area contributed by atoms with Crippen LogP contribution in [0.5, 0.6) is 0 Å². The fourth-order valence-electron chi connectivity index (χ4n) is 2.12. The van der Waals surface area contributed by atoms with E-state index >= 15 is 0 Å². The van der Waals surface area contributed by atoms with Crippen molar-refractivity contribution in [3.05, 3.63) is 33.8 Å². The number of hydrogen-bond acceptors (Lipinski definition) is 1. The highest BCUT2D eigenvalue weighted by Crippen LogP contribution is 2.32. The van der Waals surface area contributed by atoms with Gasteiger partial charge in [-0.3, -0.25) is 0 Å². The standard InChI is InChI=1S/C13H19Cl2N/c1-4-5-9(2)13(16-3)11-8-10(14)6-7-12(11)15/h6-9,13,16H,4-5H2,1-3H3. The van der Waals surface area contributed by atoms with Crippen LogP contribution >= 0.6 is 23.2 Å². The van der Waals surface area contributed by atoms with E-state index in [4.69, 9.17) is 23.2 Å². The Bertz CT molecular complexity index is 339. The number of rotatable bonds is 5. The summed E-state index contributed by atoms with van der Waals surface area (Å²) in [6.07, 6.45) is 2.35. The van der Waals surface area contributed by atoms with Crippen molar-refractivity contribution in [2.75, 3.05) is 7.05 Å². The third kappa shape index (κ3) is 3.38. The van der Waals surface area contributed by atoms with Gasteiger partial charge in [-0.2, -0.15) is 0 Å². The monoisotopic (exact) mass is 259 g/mol. The fourth-order valence-corrected chi connectivity index (χ4v) is 2.54. The molecule has 16 heavy (non-hydrogen) atoms. The Morgan fingerprint density at radius 2 is 2.00 bits per heavy atom. The maximum absolute atomic E-state index is 6.22. The predicted octanol–water partition coefficient (Wildman–Crippen LogP) is 4.69. The molecule has 1 nitrogen and oxygen atoms in total. The van der Waals surface area contributed by atoms with E-state index in [0.29, 0.717) is 5.92 Å². The molecule has 90 valence electrons. The van der Waals surface area contributed by atoms with E-state index in [0.717, 1.165) is 15.6 Å². The molecule has 1 aromatic rings. The first-order chi connectivity index (χ1) is 7.60. The first-order valence-electron chi connectivity index (χ1n) is 5.72. The Labute approximate surface area is 108 Å². The molecule has 0 aromatic heterocycles. The highest BCUT2D eigenvalue weighted by Gasteiger charge is 2.19. The van der Waals surface area contributed by atoms with E-state index in [1.165, 1.54) is 12.8 Å². The summed E-state index contributed by atoms with van der Waals surface area (Å²) in [7, 11) is 1.97. The molecule has 0 aliphatic rings. The fraction of sp³-hybridized carbons (Fsp3) is 0.538. The van der Waals surface area contributed by atoms with Gasteiger partial charge in [-0.1, -0.05) is 43.5 Å². The zero-order valence-electron chi connectivity index (χ0n) is 10.1. The Morgan fingerprint density at radius 3 is 2.56 bits per heavy atom. The largest absolute Gasteiger partial charge is 0.313 e. The minimum atomic E-state index is 0.270. The summed E-state index contributed by atoms with van der Waals surface area (Å²) in [5, 5.41) is 4.85. The molecule has 0 heterocycles. The molecule has 0 aliphatic heterocycles. The average molecular weight is 260 g/mol. The number of benzene rings is 1. The zero-order chi connectivity index (χ0) is 12.1. The van der Waals surface area contributed by atoms with Gasteiger partial charge < -0.3 is 5.32 Å². The molecule has 0 fully saturated rings. The lowest BCUT2D eigenvalue weighted by Gasteiger charge is -2.24. The normalized spacial score (nSPS) is 14.8. The van der Waals surface area contributed by atoms with Crippen LogP contribution in [0.15, 0.2) is 18.2 Å². The first kappa shape index (κ1) is 13.8. The molecular weight excluding hydrogens is 241 g/mol. The molecule has 0 radical (unpaired) electrons. The van der Waals surface area contributed by atoms with Gasteiger partial charge in [0.1, 0.15) is 0 Å². The summed E-state index contributed by atoms with van der Waals surface area (Å²) in [4.78, 5) is 0. The molecule has 1 rings (SSSR count). The first-order valence-corrected chi connectivity index (χ1v) is 6.48. The van der Waals surface area contributed by atoms with Crippen molar-refractivity contribution in [1.82, 2.24) is 5.32 Å². The Morgan fingerprint density at radius 1 is 1.31 bits per heavy atom. The van der Waals surface area contributed by atoms with Crippen LogP contribution in [0.2, 0.25) is 10.0 Å². The molecule has 0 spiro atoms. The van der Waals surface area contributed by atoms with Gasteiger partial charge in [0.15, 0.2) is 0 Å². The second-order valence-electron chi connectivity index (χ2n) is 4.20. The van der Waals surface area contributed by atoms with Crippen molar-refractivity contribution >= 4 is 23.2 Å². The molecule has 0 saturated carbocycles. The van der Waals surface area contributed by atoms with E-state index in [2.05, 4.69) is 19.2 Å². The lowest BCUT2D eigenvalue weighted by atomic mass is 9.91. The van der Waals surface area contributed by atoms with Crippen LogP contribution in [-0.2, 0) is 0 Å². The molecule has 2 atom stereocenters.